The van der Waals surface area contributed by atoms with Gasteiger partial charge in [-0.3, -0.25) is 0 Å². The van der Waals surface area contributed by atoms with E-state index in [0.29, 0.717) is 11.5 Å². The first-order valence-corrected chi connectivity index (χ1v) is 8.89. The first-order chi connectivity index (χ1) is 12.0. The van der Waals surface area contributed by atoms with E-state index in [-0.39, 0.29) is 5.41 Å². The molecule has 3 rings (SSSR count). The van der Waals surface area contributed by atoms with Crippen LogP contribution in [0.15, 0.2) is 66.7 Å². The van der Waals surface area contributed by atoms with Crippen molar-refractivity contribution in [1.29, 1.82) is 0 Å². The highest BCUT2D eigenvalue weighted by atomic mass is 32.1. The summed E-state index contributed by atoms with van der Waals surface area (Å²) in [6, 6.07) is 21.9. The molecule has 1 N–H and O–H groups in total. The molecule has 0 atom stereocenters. The van der Waals surface area contributed by atoms with Gasteiger partial charge in [0, 0.05) is 10.3 Å². The molecule has 4 heteroatoms. The highest BCUT2D eigenvalue weighted by Crippen LogP contribution is 2.32. The molecule has 0 amide bonds. The Hall–Kier alpha value is -2.59. The standard InChI is InChI=1S/C21H20O3S/c1-21(2,15-6-4-3-5-7-15)16-8-10-17(11-9-16)24-14-18-12-13-19(25-18)20(22)23/h3-13H,14H2,1-2H3,(H,22,23). The fourth-order valence-corrected chi connectivity index (χ4v) is 3.47. The minimum atomic E-state index is -0.899. The van der Waals surface area contributed by atoms with Crippen LogP contribution in [0.25, 0.3) is 0 Å². The van der Waals surface area contributed by atoms with Crippen LogP contribution in [0.4, 0.5) is 0 Å². The molecule has 1 heterocycles. The van der Waals surface area contributed by atoms with E-state index in [9.17, 15) is 4.79 Å². The van der Waals surface area contributed by atoms with Crippen LogP contribution in [0.1, 0.15) is 39.5 Å². The number of hydrogen-bond donors (Lipinski definition) is 1. The normalized spacial score (nSPS) is 11.3. The molecule has 0 saturated heterocycles. The van der Waals surface area contributed by atoms with Crippen molar-refractivity contribution in [3.05, 3.63) is 87.6 Å². The SMILES string of the molecule is CC(C)(c1ccccc1)c1ccc(OCc2ccc(C(=O)O)s2)cc1. The Labute approximate surface area is 151 Å². The summed E-state index contributed by atoms with van der Waals surface area (Å²) in [5.41, 5.74) is 2.41. The van der Waals surface area contributed by atoms with E-state index in [2.05, 4.69) is 50.2 Å². The molecule has 0 saturated carbocycles. The second-order valence-electron chi connectivity index (χ2n) is 6.38. The lowest BCUT2D eigenvalue weighted by molar-refractivity contribution is 0.0702. The molecule has 25 heavy (non-hydrogen) atoms. The molecular formula is C21H20O3S. The third kappa shape index (κ3) is 3.91. The van der Waals surface area contributed by atoms with Crippen LogP contribution in [0.3, 0.4) is 0 Å². The van der Waals surface area contributed by atoms with Crippen LogP contribution in [0, 0.1) is 0 Å². The predicted molar refractivity (Wildman–Crippen MR) is 101 cm³/mol. The first kappa shape index (κ1) is 17.2. The van der Waals surface area contributed by atoms with Crippen LogP contribution in [0.5, 0.6) is 5.75 Å². The van der Waals surface area contributed by atoms with Gasteiger partial charge in [-0.25, -0.2) is 4.79 Å². The number of benzene rings is 2. The van der Waals surface area contributed by atoms with Gasteiger partial charge in [0.2, 0.25) is 0 Å². The maximum Gasteiger partial charge on any atom is 0.345 e. The minimum absolute atomic E-state index is 0.0794. The molecule has 0 unspecified atom stereocenters. The molecule has 3 aromatic rings. The van der Waals surface area contributed by atoms with Crippen LogP contribution >= 0.6 is 11.3 Å². The van der Waals surface area contributed by atoms with Gasteiger partial charge in [-0.15, -0.1) is 11.3 Å². The van der Waals surface area contributed by atoms with Gasteiger partial charge in [-0.2, -0.15) is 0 Å². The van der Waals surface area contributed by atoms with Crippen molar-refractivity contribution in [3.8, 4) is 5.75 Å². The molecule has 0 bridgehead atoms. The lowest BCUT2D eigenvalue weighted by Gasteiger charge is -2.26. The number of aromatic carboxylic acids is 1. The quantitative estimate of drug-likeness (QED) is 0.650. The Balaban J connectivity index is 1.68. The second kappa shape index (κ2) is 7.11. The monoisotopic (exact) mass is 352 g/mol. The smallest absolute Gasteiger partial charge is 0.345 e. The molecule has 2 aromatic carbocycles. The molecular weight excluding hydrogens is 332 g/mol. The van der Waals surface area contributed by atoms with Crippen LogP contribution < -0.4 is 4.74 Å². The fourth-order valence-electron chi connectivity index (χ4n) is 2.71. The molecule has 0 radical (unpaired) electrons. The van der Waals surface area contributed by atoms with E-state index in [4.69, 9.17) is 9.84 Å². The number of ether oxygens (including phenoxy) is 1. The Kier molecular flexibility index (Phi) is 4.91. The highest BCUT2D eigenvalue weighted by molar-refractivity contribution is 7.13. The van der Waals surface area contributed by atoms with Gasteiger partial charge in [0.05, 0.1) is 0 Å². The lowest BCUT2D eigenvalue weighted by atomic mass is 9.78. The summed E-state index contributed by atoms with van der Waals surface area (Å²) in [7, 11) is 0. The van der Waals surface area contributed by atoms with Crippen molar-refractivity contribution in [2.24, 2.45) is 0 Å². The molecule has 3 nitrogen and oxygen atoms in total. The van der Waals surface area contributed by atoms with Gasteiger partial charge >= 0.3 is 5.97 Å². The third-order valence-electron chi connectivity index (χ3n) is 4.33. The lowest BCUT2D eigenvalue weighted by Crippen LogP contribution is -2.18. The van der Waals surface area contributed by atoms with E-state index >= 15 is 0 Å². The zero-order valence-corrected chi connectivity index (χ0v) is 15.0. The average Bonchev–Trinajstić information content (AvgIpc) is 3.10. The maximum atomic E-state index is 10.9. The summed E-state index contributed by atoms with van der Waals surface area (Å²) >= 11 is 1.24. The third-order valence-corrected chi connectivity index (χ3v) is 5.37. The van der Waals surface area contributed by atoms with Gasteiger partial charge in [0.25, 0.3) is 0 Å². The predicted octanol–water partition coefficient (Wildman–Crippen LogP) is 5.35. The summed E-state index contributed by atoms with van der Waals surface area (Å²) in [4.78, 5) is 12.1. The van der Waals surface area contributed by atoms with E-state index in [1.165, 1.54) is 22.5 Å². The number of hydrogen-bond acceptors (Lipinski definition) is 3. The van der Waals surface area contributed by atoms with Crippen molar-refractivity contribution in [2.45, 2.75) is 25.9 Å². The molecule has 128 valence electrons. The maximum absolute atomic E-state index is 10.9. The summed E-state index contributed by atoms with van der Waals surface area (Å²) < 4.78 is 5.78. The van der Waals surface area contributed by atoms with Crippen molar-refractivity contribution in [2.75, 3.05) is 0 Å². The molecule has 0 aliphatic heterocycles. The van der Waals surface area contributed by atoms with Gasteiger partial charge in [-0.1, -0.05) is 56.3 Å². The van der Waals surface area contributed by atoms with Crippen molar-refractivity contribution < 1.29 is 14.6 Å². The number of rotatable bonds is 6. The summed E-state index contributed by atoms with van der Waals surface area (Å²) in [5, 5.41) is 8.95. The Morgan fingerprint density at radius 2 is 1.60 bits per heavy atom. The summed E-state index contributed by atoms with van der Waals surface area (Å²) in [6.07, 6.45) is 0. The van der Waals surface area contributed by atoms with Gasteiger partial charge in [-0.05, 0) is 35.4 Å². The average molecular weight is 352 g/mol. The number of carboxylic acid groups (broad SMARTS) is 1. The Morgan fingerprint density at radius 1 is 0.960 bits per heavy atom. The largest absolute Gasteiger partial charge is 0.488 e. The molecule has 0 spiro atoms. The number of carboxylic acids is 1. The van der Waals surface area contributed by atoms with Crippen molar-refractivity contribution in [1.82, 2.24) is 0 Å². The van der Waals surface area contributed by atoms with Gasteiger partial charge in [0.1, 0.15) is 17.2 Å². The summed E-state index contributed by atoms with van der Waals surface area (Å²) in [6.45, 7) is 4.79. The molecule has 0 fully saturated rings. The zero-order valence-electron chi connectivity index (χ0n) is 14.2. The van der Waals surface area contributed by atoms with Crippen molar-refractivity contribution >= 4 is 17.3 Å². The first-order valence-electron chi connectivity index (χ1n) is 8.08. The second-order valence-corrected chi connectivity index (χ2v) is 7.54. The van der Waals surface area contributed by atoms with Crippen LogP contribution in [-0.4, -0.2) is 11.1 Å². The minimum Gasteiger partial charge on any atom is -0.488 e. The molecule has 0 aliphatic carbocycles. The Morgan fingerprint density at radius 3 is 2.20 bits per heavy atom. The van der Waals surface area contributed by atoms with E-state index in [1.807, 2.05) is 18.2 Å². The van der Waals surface area contributed by atoms with Gasteiger partial charge in [0.15, 0.2) is 0 Å². The summed E-state index contributed by atoms with van der Waals surface area (Å²) in [5.74, 6) is -0.123. The zero-order chi connectivity index (χ0) is 17.9. The number of carbonyl (C=O) groups is 1. The molecule has 1 aromatic heterocycles. The van der Waals surface area contributed by atoms with Crippen LogP contribution in [0.2, 0.25) is 0 Å². The fraction of sp³-hybridized carbons (Fsp3) is 0.190. The topological polar surface area (TPSA) is 46.5 Å². The van der Waals surface area contributed by atoms with E-state index in [0.717, 1.165) is 10.6 Å². The van der Waals surface area contributed by atoms with Crippen LogP contribution in [-0.2, 0) is 12.0 Å². The van der Waals surface area contributed by atoms with E-state index < -0.39 is 5.97 Å². The molecule has 0 aliphatic rings. The Bertz CT molecular complexity index is 848. The van der Waals surface area contributed by atoms with Gasteiger partial charge < -0.3 is 9.84 Å². The van der Waals surface area contributed by atoms with E-state index in [1.54, 1.807) is 12.1 Å². The highest BCUT2D eigenvalue weighted by Gasteiger charge is 2.22. The number of thiophene rings is 1. The van der Waals surface area contributed by atoms with Crippen molar-refractivity contribution in [3.63, 3.8) is 0 Å².